The first-order valence-electron chi connectivity index (χ1n) is 14.6. The number of carbonyl (C=O) groups is 4. The van der Waals surface area contributed by atoms with E-state index < -0.39 is 0 Å². The summed E-state index contributed by atoms with van der Waals surface area (Å²) in [6.45, 7) is 15.7. The molecule has 1 fully saturated rings. The average molecular weight is 513 g/mol. The van der Waals surface area contributed by atoms with Gasteiger partial charge in [-0.3, -0.25) is 19.2 Å². The van der Waals surface area contributed by atoms with Gasteiger partial charge in [-0.15, -0.1) is 0 Å². The fourth-order valence-corrected chi connectivity index (χ4v) is 5.64. The summed E-state index contributed by atoms with van der Waals surface area (Å²) < 4.78 is 0. The third kappa shape index (κ3) is 10.3. The molecule has 3 atom stereocenters. The highest BCUT2D eigenvalue weighted by Gasteiger charge is 2.33. The van der Waals surface area contributed by atoms with Gasteiger partial charge in [0, 0.05) is 23.8 Å². The standard InChI is InChI=1S/C24H34O3.C6H10O.C3H8/c1-6-8-19(21(7-2)22(26)11-16(4)25)12-18-13-20-10-9-15(3)17(5)24(20)23(27)14-18;1-5(7)6-3-2-4-6;1-3-2/h9-10,18-19,21H,6-8,11-14H2,1-5H3;6H,2-4H2,1H3;3H2,1-2H3. The summed E-state index contributed by atoms with van der Waals surface area (Å²) in [6.07, 6.45) is 10.0. The number of aryl methyl sites for hydroxylation is 1. The lowest BCUT2D eigenvalue weighted by molar-refractivity contribution is -0.130. The van der Waals surface area contributed by atoms with Crippen LogP contribution in [-0.4, -0.2) is 23.1 Å². The van der Waals surface area contributed by atoms with E-state index >= 15 is 0 Å². The molecule has 1 saturated carbocycles. The molecule has 3 rings (SSSR count). The summed E-state index contributed by atoms with van der Waals surface area (Å²) in [5.74, 6) is 1.59. The van der Waals surface area contributed by atoms with Crippen molar-refractivity contribution in [3.05, 3.63) is 34.4 Å². The zero-order valence-corrected chi connectivity index (χ0v) is 24.9. The second-order valence-corrected chi connectivity index (χ2v) is 11.3. The quantitative estimate of drug-likeness (QED) is 0.296. The molecule has 0 spiro atoms. The van der Waals surface area contributed by atoms with Crippen molar-refractivity contribution in [2.24, 2.45) is 23.7 Å². The Morgan fingerprint density at radius 3 is 2.03 bits per heavy atom. The number of ketones is 4. The smallest absolute Gasteiger partial charge is 0.163 e. The Labute approximate surface area is 226 Å². The van der Waals surface area contributed by atoms with Gasteiger partial charge < -0.3 is 0 Å². The Bertz CT molecular complexity index is 909. The molecule has 1 aromatic carbocycles. The van der Waals surface area contributed by atoms with Crippen LogP contribution in [0.15, 0.2) is 12.1 Å². The maximum Gasteiger partial charge on any atom is 0.163 e. The monoisotopic (exact) mass is 512 g/mol. The molecule has 0 bridgehead atoms. The molecule has 4 nitrogen and oxygen atoms in total. The lowest BCUT2D eigenvalue weighted by Crippen LogP contribution is -2.29. The predicted molar refractivity (Wildman–Crippen MR) is 153 cm³/mol. The molecule has 0 amide bonds. The highest BCUT2D eigenvalue weighted by molar-refractivity contribution is 6.00. The van der Waals surface area contributed by atoms with Gasteiger partial charge in [0.1, 0.15) is 17.3 Å². The second-order valence-electron chi connectivity index (χ2n) is 11.3. The van der Waals surface area contributed by atoms with Gasteiger partial charge in [0.05, 0.1) is 6.42 Å². The highest BCUT2D eigenvalue weighted by atomic mass is 16.1. The van der Waals surface area contributed by atoms with Crippen molar-refractivity contribution < 1.29 is 19.2 Å². The number of Topliss-reactive ketones (excluding diaryl/α,β-unsaturated/α-hetero) is 4. The van der Waals surface area contributed by atoms with E-state index in [0.29, 0.717) is 24.0 Å². The normalized spacial score (nSPS) is 18.2. The number of hydrogen-bond donors (Lipinski definition) is 0. The van der Waals surface area contributed by atoms with E-state index in [1.165, 1.54) is 25.3 Å². The minimum atomic E-state index is -0.0647. The third-order valence-electron chi connectivity index (χ3n) is 7.90. The average Bonchev–Trinajstić information content (AvgIpc) is 2.75. The van der Waals surface area contributed by atoms with Crippen molar-refractivity contribution in [3.63, 3.8) is 0 Å². The van der Waals surface area contributed by atoms with E-state index in [4.69, 9.17) is 0 Å². The van der Waals surface area contributed by atoms with Crippen LogP contribution in [0.3, 0.4) is 0 Å². The van der Waals surface area contributed by atoms with Gasteiger partial charge in [-0.25, -0.2) is 0 Å². The summed E-state index contributed by atoms with van der Waals surface area (Å²) in [4.78, 5) is 47.3. The Morgan fingerprint density at radius 2 is 1.59 bits per heavy atom. The molecule has 0 N–H and O–H groups in total. The summed E-state index contributed by atoms with van der Waals surface area (Å²) >= 11 is 0. The van der Waals surface area contributed by atoms with Gasteiger partial charge in [-0.1, -0.05) is 65.5 Å². The largest absolute Gasteiger partial charge is 0.300 e. The molecule has 3 unspecified atom stereocenters. The van der Waals surface area contributed by atoms with Gasteiger partial charge in [0.15, 0.2) is 5.78 Å². The second kappa shape index (κ2) is 16.7. The van der Waals surface area contributed by atoms with Gasteiger partial charge >= 0.3 is 0 Å². The van der Waals surface area contributed by atoms with Crippen LogP contribution >= 0.6 is 0 Å². The summed E-state index contributed by atoms with van der Waals surface area (Å²) in [7, 11) is 0. The molecule has 1 aromatic rings. The topological polar surface area (TPSA) is 68.3 Å². The summed E-state index contributed by atoms with van der Waals surface area (Å²) in [5, 5.41) is 0. The molecule has 2 aliphatic carbocycles. The highest BCUT2D eigenvalue weighted by Crippen LogP contribution is 2.36. The molecule has 4 heteroatoms. The maximum atomic E-state index is 12.8. The molecule has 208 valence electrons. The lowest BCUT2D eigenvalue weighted by atomic mass is 9.72. The first-order chi connectivity index (χ1) is 17.5. The van der Waals surface area contributed by atoms with Gasteiger partial charge in [0.25, 0.3) is 0 Å². The number of benzene rings is 1. The Kier molecular flexibility index (Phi) is 14.8. The Morgan fingerprint density at radius 1 is 0.973 bits per heavy atom. The van der Waals surface area contributed by atoms with Crippen molar-refractivity contribution in [1.29, 1.82) is 0 Å². The maximum absolute atomic E-state index is 12.8. The van der Waals surface area contributed by atoms with Gasteiger partial charge in [-0.05, 0) is 88.3 Å². The van der Waals surface area contributed by atoms with E-state index in [-0.39, 0.29) is 35.6 Å². The van der Waals surface area contributed by atoms with Crippen molar-refractivity contribution in [1.82, 2.24) is 0 Å². The number of carbonyl (C=O) groups excluding carboxylic acids is 4. The molecular weight excluding hydrogens is 460 g/mol. The van der Waals surface area contributed by atoms with Crippen molar-refractivity contribution in [2.75, 3.05) is 0 Å². The van der Waals surface area contributed by atoms with Crippen molar-refractivity contribution >= 4 is 23.1 Å². The minimum absolute atomic E-state index is 0.0453. The van der Waals surface area contributed by atoms with Gasteiger partial charge in [-0.2, -0.15) is 0 Å². The molecular formula is C33H52O4. The van der Waals surface area contributed by atoms with Crippen LogP contribution < -0.4 is 0 Å². The van der Waals surface area contributed by atoms with Gasteiger partial charge in [0.2, 0.25) is 0 Å². The molecule has 0 radical (unpaired) electrons. The first-order valence-corrected chi connectivity index (χ1v) is 14.6. The fourth-order valence-electron chi connectivity index (χ4n) is 5.64. The lowest BCUT2D eigenvalue weighted by Gasteiger charge is -2.32. The number of hydrogen-bond acceptors (Lipinski definition) is 4. The van der Waals surface area contributed by atoms with Crippen LogP contribution in [0.5, 0.6) is 0 Å². The third-order valence-corrected chi connectivity index (χ3v) is 7.90. The fraction of sp³-hybridized carbons (Fsp3) is 0.697. The SMILES string of the molecule is CC(=O)C1CCC1.CCC.CCCC(CC1CC(=O)c2c(ccc(C)c2C)C1)C(CC)C(=O)CC(C)=O. The van der Waals surface area contributed by atoms with Crippen molar-refractivity contribution in [2.45, 2.75) is 126 Å². The van der Waals surface area contributed by atoms with E-state index in [1.807, 2.05) is 13.8 Å². The molecule has 0 aromatic heterocycles. The summed E-state index contributed by atoms with van der Waals surface area (Å²) in [6, 6.07) is 4.22. The van der Waals surface area contributed by atoms with E-state index in [1.54, 1.807) is 6.92 Å². The van der Waals surface area contributed by atoms with Crippen LogP contribution in [0.1, 0.15) is 133 Å². The number of fused-ring (bicyclic) bond motifs is 1. The van der Waals surface area contributed by atoms with Crippen LogP contribution in [0.25, 0.3) is 0 Å². The predicted octanol–water partition coefficient (Wildman–Crippen LogP) is 8.22. The van der Waals surface area contributed by atoms with E-state index in [0.717, 1.165) is 61.6 Å². The summed E-state index contributed by atoms with van der Waals surface area (Å²) in [5.41, 5.74) is 4.38. The number of rotatable bonds is 10. The molecule has 37 heavy (non-hydrogen) atoms. The minimum Gasteiger partial charge on any atom is -0.300 e. The zero-order chi connectivity index (χ0) is 28.1. The molecule has 0 aliphatic heterocycles. The Balaban J connectivity index is 0.000000572. The van der Waals surface area contributed by atoms with Crippen molar-refractivity contribution in [3.8, 4) is 0 Å². The van der Waals surface area contributed by atoms with Crippen LogP contribution in [0.2, 0.25) is 0 Å². The Hall–Kier alpha value is -2.10. The van der Waals surface area contributed by atoms with E-state index in [2.05, 4.69) is 39.8 Å². The van der Waals surface area contributed by atoms with Crippen LogP contribution in [0, 0.1) is 37.5 Å². The first kappa shape index (κ1) is 32.9. The van der Waals surface area contributed by atoms with Crippen LogP contribution in [-0.2, 0) is 20.8 Å². The molecule has 0 heterocycles. The zero-order valence-electron chi connectivity index (χ0n) is 24.9. The van der Waals surface area contributed by atoms with E-state index in [9.17, 15) is 19.2 Å². The molecule has 0 saturated heterocycles. The van der Waals surface area contributed by atoms with Crippen LogP contribution in [0.4, 0.5) is 0 Å². The molecule has 2 aliphatic rings.